The molecule has 0 bridgehead atoms. The Balaban J connectivity index is 1.58. The Labute approximate surface area is 165 Å². The number of para-hydroxylation sites is 2. The van der Waals surface area contributed by atoms with Gasteiger partial charge in [0.1, 0.15) is 18.0 Å². The number of nitro groups is 1. The number of aryl methyl sites for hydroxylation is 1. The van der Waals surface area contributed by atoms with Gasteiger partial charge in [0.05, 0.1) is 10.6 Å². The molecular weight excluding hydrogens is 382 g/mol. The lowest BCUT2D eigenvalue weighted by molar-refractivity contribution is -0.384. The van der Waals surface area contributed by atoms with Crippen molar-refractivity contribution in [2.45, 2.75) is 6.92 Å². The first-order valence-electron chi connectivity index (χ1n) is 8.58. The fourth-order valence-electron chi connectivity index (χ4n) is 2.73. The molecule has 10 nitrogen and oxygen atoms in total. The summed E-state index contributed by atoms with van der Waals surface area (Å²) >= 11 is 0. The Morgan fingerprint density at radius 3 is 2.79 bits per heavy atom. The normalized spacial score (nSPS) is 12.6. The summed E-state index contributed by atoms with van der Waals surface area (Å²) in [6.07, 6.45) is 0. The van der Waals surface area contributed by atoms with E-state index in [1.165, 1.54) is 17.0 Å². The van der Waals surface area contributed by atoms with Crippen molar-refractivity contribution in [3.05, 3.63) is 58.1 Å². The van der Waals surface area contributed by atoms with Gasteiger partial charge in [-0.3, -0.25) is 29.4 Å². The number of hydrogen-bond acceptors (Lipinski definition) is 7. The molecule has 10 heteroatoms. The molecule has 0 saturated carbocycles. The number of nitrogens with one attached hydrogen (secondary N) is 1. The summed E-state index contributed by atoms with van der Waals surface area (Å²) < 4.78 is 10.2. The minimum Gasteiger partial charge on any atom is -0.482 e. The molecule has 150 valence electrons. The fraction of sp³-hybridized carbons (Fsp3) is 0.211. The summed E-state index contributed by atoms with van der Waals surface area (Å²) in [5.41, 5.74) is 0.830. The van der Waals surface area contributed by atoms with Gasteiger partial charge >= 0.3 is 5.97 Å². The third-order valence-corrected chi connectivity index (χ3v) is 4.08. The van der Waals surface area contributed by atoms with E-state index in [0.29, 0.717) is 17.0 Å². The van der Waals surface area contributed by atoms with Crippen LogP contribution in [0.25, 0.3) is 0 Å². The van der Waals surface area contributed by atoms with Crippen molar-refractivity contribution >= 4 is 34.8 Å². The zero-order valence-corrected chi connectivity index (χ0v) is 15.4. The molecule has 0 spiro atoms. The summed E-state index contributed by atoms with van der Waals surface area (Å²) in [5, 5.41) is 13.4. The van der Waals surface area contributed by atoms with E-state index in [9.17, 15) is 24.5 Å². The van der Waals surface area contributed by atoms with Crippen molar-refractivity contribution in [3.63, 3.8) is 0 Å². The van der Waals surface area contributed by atoms with Crippen molar-refractivity contribution in [1.82, 2.24) is 0 Å². The number of hydrogen-bond donors (Lipinski definition) is 1. The van der Waals surface area contributed by atoms with Gasteiger partial charge in [0.25, 0.3) is 17.5 Å². The van der Waals surface area contributed by atoms with Crippen molar-refractivity contribution in [1.29, 1.82) is 0 Å². The van der Waals surface area contributed by atoms with Gasteiger partial charge in [-0.05, 0) is 30.7 Å². The van der Waals surface area contributed by atoms with Gasteiger partial charge in [0, 0.05) is 6.07 Å². The number of carbonyl (C=O) groups excluding carboxylic acids is 3. The molecule has 0 aromatic heterocycles. The SMILES string of the molecule is Cc1ccc(NC(=O)COC(=O)CN2C(=O)COc3ccccc32)c([N+](=O)[O-])c1. The van der Waals surface area contributed by atoms with Crippen LogP contribution in [0.5, 0.6) is 5.75 Å². The number of fused-ring (bicyclic) bond motifs is 1. The largest absolute Gasteiger partial charge is 0.482 e. The zero-order chi connectivity index (χ0) is 21.0. The van der Waals surface area contributed by atoms with Crippen LogP contribution in [0.3, 0.4) is 0 Å². The number of anilines is 2. The second-order valence-corrected chi connectivity index (χ2v) is 6.22. The third kappa shape index (κ3) is 4.67. The predicted molar refractivity (Wildman–Crippen MR) is 102 cm³/mol. The number of benzene rings is 2. The first-order chi connectivity index (χ1) is 13.8. The number of nitro benzene ring substituents is 1. The first-order valence-corrected chi connectivity index (χ1v) is 8.58. The molecule has 2 amide bonds. The Morgan fingerprint density at radius 2 is 2.03 bits per heavy atom. The lowest BCUT2D eigenvalue weighted by atomic mass is 10.2. The molecule has 0 atom stereocenters. The number of esters is 1. The van der Waals surface area contributed by atoms with Crippen molar-refractivity contribution in [2.24, 2.45) is 0 Å². The molecule has 1 N–H and O–H groups in total. The monoisotopic (exact) mass is 399 g/mol. The Hall–Kier alpha value is -3.95. The van der Waals surface area contributed by atoms with Crippen molar-refractivity contribution < 1.29 is 28.8 Å². The maximum atomic E-state index is 12.1. The molecule has 1 aliphatic rings. The Bertz CT molecular complexity index is 990. The lowest BCUT2D eigenvalue weighted by Crippen LogP contribution is -2.42. The number of ether oxygens (including phenoxy) is 2. The molecule has 1 heterocycles. The maximum Gasteiger partial charge on any atom is 0.326 e. The van der Waals surface area contributed by atoms with Crippen LogP contribution >= 0.6 is 0 Å². The van der Waals surface area contributed by atoms with Gasteiger partial charge < -0.3 is 14.8 Å². The van der Waals surface area contributed by atoms with E-state index in [1.54, 1.807) is 37.3 Å². The third-order valence-electron chi connectivity index (χ3n) is 4.08. The number of rotatable bonds is 6. The molecule has 29 heavy (non-hydrogen) atoms. The maximum absolute atomic E-state index is 12.1. The Morgan fingerprint density at radius 1 is 1.28 bits per heavy atom. The lowest BCUT2D eigenvalue weighted by Gasteiger charge is -2.28. The molecular formula is C19H17N3O7. The van der Waals surface area contributed by atoms with Crippen LogP contribution in [-0.2, 0) is 19.1 Å². The molecule has 2 aromatic rings. The average molecular weight is 399 g/mol. The van der Waals surface area contributed by atoms with Crippen molar-refractivity contribution in [2.75, 3.05) is 30.0 Å². The van der Waals surface area contributed by atoms with Gasteiger partial charge in [0.2, 0.25) is 0 Å². The van der Waals surface area contributed by atoms with Gasteiger partial charge in [-0.25, -0.2) is 0 Å². The topological polar surface area (TPSA) is 128 Å². The van der Waals surface area contributed by atoms with Crippen molar-refractivity contribution in [3.8, 4) is 5.75 Å². The molecule has 0 fully saturated rings. The molecule has 0 saturated heterocycles. The summed E-state index contributed by atoms with van der Waals surface area (Å²) in [6, 6.07) is 11.1. The molecule has 0 aliphatic carbocycles. The zero-order valence-electron chi connectivity index (χ0n) is 15.4. The highest BCUT2D eigenvalue weighted by Crippen LogP contribution is 2.31. The highest BCUT2D eigenvalue weighted by atomic mass is 16.6. The van der Waals surface area contributed by atoms with Crippen LogP contribution in [0.1, 0.15) is 5.56 Å². The van der Waals surface area contributed by atoms with Crippen LogP contribution in [0, 0.1) is 17.0 Å². The van der Waals surface area contributed by atoms with E-state index in [4.69, 9.17) is 9.47 Å². The van der Waals surface area contributed by atoms with Crippen LogP contribution < -0.4 is 15.0 Å². The highest BCUT2D eigenvalue weighted by molar-refractivity contribution is 6.01. The first kappa shape index (κ1) is 19.8. The van der Waals surface area contributed by atoms with Gasteiger partial charge in [-0.15, -0.1) is 0 Å². The van der Waals surface area contributed by atoms with E-state index in [0.717, 1.165) is 0 Å². The second kappa shape index (κ2) is 8.38. The van der Waals surface area contributed by atoms with Gasteiger partial charge in [0.15, 0.2) is 13.2 Å². The number of carbonyl (C=O) groups is 3. The fourth-order valence-corrected chi connectivity index (χ4v) is 2.73. The summed E-state index contributed by atoms with van der Waals surface area (Å²) in [4.78, 5) is 47.9. The van der Waals surface area contributed by atoms with Gasteiger partial charge in [-0.1, -0.05) is 18.2 Å². The standard InChI is InChI=1S/C19H17N3O7/c1-12-6-7-13(15(8-12)22(26)27)20-17(23)10-29-19(25)9-21-14-4-2-3-5-16(14)28-11-18(21)24/h2-8H,9-11H2,1H3,(H,20,23). The predicted octanol–water partition coefficient (Wildman–Crippen LogP) is 1.81. The summed E-state index contributed by atoms with van der Waals surface area (Å²) in [5.74, 6) is -1.49. The summed E-state index contributed by atoms with van der Waals surface area (Å²) in [6.45, 7) is 0.439. The average Bonchev–Trinajstić information content (AvgIpc) is 2.70. The van der Waals surface area contributed by atoms with Crippen LogP contribution in [0.15, 0.2) is 42.5 Å². The van der Waals surface area contributed by atoms with Crippen LogP contribution in [-0.4, -0.2) is 42.5 Å². The molecule has 2 aromatic carbocycles. The number of amides is 2. The smallest absolute Gasteiger partial charge is 0.326 e. The van der Waals surface area contributed by atoms with Crippen LogP contribution in [0.2, 0.25) is 0 Å². The molecule has 0 radical (unpaired) electrons. The molecule has 0 unspecified atom stereocenters. The van der Waals surface area contributed by atoms with E-state index >= 15 is 0 Å². The number of nitrogens with zero attached hydrogens (tertiary/aromatic N) is 2. The minimum atomic E-state index is -0.802. The minimum absolute atomic E-state index is 0.000988. The van der Waals surface area contributed by atoms with Gasteiger partial charge in [-0.2, -0.15) is 0 Å². The van der Waals surface area contributed by atoms with E-state index in [2.05, 4.69) is 5.32 Å². The second-order valence-electron chi connectivity index (χ2n) is 6.22. The van der Waals surface area contributed by atoms with E-state index in [1.807, 2.05) is 0 Å². The van der Waals surface area contributed by atoms with E-state index in [-0.39, 0.29) is 18.0 Å². The quantitative estimate of drug-likeness (QED) is 0.446. The summed E-state index contributed by atoms with van der Waals surface area (Å²) in [7, 11) is 0. The molecule has 1 aliphatic heterocycles. The Kier molecular flexibility index (Phi) is 5.72. The van der Waals surface area contributed by atoms with E-state index < -0.39 is 35.9 Å². The van der Waals surface area contributed by atoms with Crippen LogP contribution in [0.4, 0.5) is 17.1 Å². The molecule has 3 rings (SSSR count). The highest BCUT2D eigenvalue weighted by Gasteiger charge is 2.27.